The highest BCUT2D eigenvalue weighted by molar-refractivity contribution is 5.99. The van der Waals surface area contributed by atoms with Gasteiger partial charge in [0.15, 0.2) is 0 Å². The number of methoxy groups -OCH3 is 1. The summed E-state index contributed by atoms with van der Waals surface area (Å²) in [6, 6.07) is 5.03. The van der Waals surface area contributed by atoms with Gasteiger partial charge in [0.05, 0.1) is 12.7 Å². The molecule has 0 saturated carbocycles. The first-order chi connectivity index (χ1) is 11.1. The quantitative estimate of drug-likeness (QED) is 0.792. The van der Waals surface area contributed by atoms with E-state index in [2.05, 4.69) is 16.7 Å². The summed E-state index contributed by atoms with van der Waals surface area (Å²) >= 11 is 0. The average molecular weight is 316 g/mol. The number of rotatable bonds is 6. The first-order valence-electron chi connectivity index (χ1n) is 8.02. The Balaban J connectivity index is 1.99. The van der Waals surface area contributed by atoms with E-state index in [1.165, 1.54) is 32.4 Å². The minimum atomic E-state index is -0.189. The molecular formula is C18H24N2O3. The first-order valence-corrected chi connectivity index (χ1v) is 8.02. The third-order valence-electron chi connectivity index (χ3n) is 3.88. The molecule has 0 aromatic heterocycles. The van der Waals surface area contributed by atoms with Gasteiger partial charge in [-0.25, -0.2) is 0 Å². The molecular weight excluding hydrogens is 292 g/mol. The van der Waals surface area contributed by atoms with Crippen molar-refractivity contribution in [2.75, 3.05) is 19.0 Å². The minimum absolute atomic E-state index is 0.175. The van der Waals surface area contributed by atoms with E-state index in [1.54, 1.807) is 18.2 Å². The van der Waals surface area contributed by atoms with E-state index in [0.29, 0.717) is 23.5 Å². The highest BCUT2D eigenvalue weighted by atomic mass is 16.5. The fraction of sp³-hybridized carbons (Fsp3) is 0.444. The Morgan fingerprint density at radius 2 is 2.09 bits per heavy atom. The molecule has 124 valence electrons. The zero-order chi connectivity index (χ0) is 16.7. The number of amides is 2. The van der Waals surface area contributed by atoms with Crippen LogP contribution in [0.1, 0.15) is 49.4 Å². The van der Waals surface area contributed by atoms with Gasteiger partial charge in [-0.3, -0.25) is 9.59 Å². The topological polar surface area (TPSA) is 67.4 Å². The van der Waals surface area contributed by atoms with Gasteiger partial charge in [0.1, 0.15) is 5.75 Å². The number of anilines is 1. The molecule has 0 radical (unpaired) electrons. The van der Waals surface area contributed by atoms with Crippen LogP contribution in [0.2, 0.25) is 0 Å². The molecule has 1 aliphatic carbocycles. The van der Waals surface area contributed by atoms with Gasteiger partial charge in [0.2, 0.25) is 5.91 Å². The number of ether oxygens (including phenoxy) is 1. The Kier molecular flexibility index (Phi) is 6.20. The Morgan fingerprint density at radius 1 is 1.26 bits per heavy atom. The summed E-state index contributed by atoms with van der Waals surface area (Å²) in [4.78, 5) is 23.5. The van der Waals surface area contributed by atoms with Crippen molar-refractivity contribution in [3.8, 4) is 5.75 Å². The third kappa shape index (κ3) is 5.13. The van der Waals surface area contributed by atoms with E-state index in [0.717, 1.165) is 19.3 Å². The van der Waals surface area contributed by atoms with Crippen molar-refractivity contribution in [2.24, 2.45) is 0 Å². The van der Waals surface area contributed by atoms with Crippen LogP contribution >= 0.6 is 0 Å². The summed E-state index contributed by atoms with van der Waals surface area (Å²) < 4.78 is 5.24. The van der Waals surface area contributed by atoms with Crippen LogP contribution in [0, 0.1) is 0 Å². The fourth-order valence-corrected chi connectivity index (χ4v) is 2.73. The maximum Gasteiger partial charge on any atom is 0.255 e. The van der Waals surface area contributed by atoms with Crippen molar-refractivity contribution in [1.29, 1.82) is 0 Å². The summed E-state index contributed by atoms with van der Waals surface area (Å²) in [6.07, 6.45) is 7.97. The Bertz CT molecular complexity index is 608. The first kappa shape index (κ1) is 17.1. The molecule has 2 rings (SSSR count). The van der Waals surface area contributed by atoms with E-state index in [4.69, 9.17) is 4.74 Å². The molecule has 0 heterocycles. The number of carbonyl (C=O) groups is 2. The van der Waals surface area contributed by atoms with Crippen LogP contribution in [-0.4, -0.2) is 25.5 Å². The van der Waals surface area contributed by atoms with E-state index < -0.39 is 0 Å². The molecule has 0 spiro atoms. The minimum Gasteiger partial charge on any atom is -0.496 e. The second kappa shape index (κ2) is 8.36. The monoisotopic (exact) mass is 316 g/mol. The van der Waals surface area contributed by atoms with E-state index in [9.17, 15) is 9.59 Å². The predicted octanol–water partition coefficient (Wildman–Crippen LogP) is 3.27. The summed E-state index contributed by atoms with van der Waals surface area (Å²) in [7, 11) is 1.52. The van der Waals surface area contributed by atoms with Gasteiger partial charge in [-0.15, -0.1) is 0 Å². The molecule has 0 fully saturated rings. The van der Waals surface area contributed by atoms with Crippen LogP contribution in [0.3, 0.4) is 0 Å². The lowest BCUT2D eigenvalue weighted by molar-refractivity contribution is -0.114. The molecule has 0 aliphatic heterocycles. The Hall–Kier alpha value is -2.30. The predicted molar refractivity (Wildman–Crippen MR) is 90.8 cm³/mol. The van der Waals surface area contributed by atoms with Gasteiger partial charge in [-0.2, -0.15) is 0 Å². The number of benzene rings is 1. The molecule has 1 aliphatic rings. The van der Waals surface area contributed by atoms with Crippen molar-refractivity contribution in [1.82, 2.24) is 5.32 Å². The van der Waals surface area contributed by atoms with Gasteiger partial charge >= 0.3 is 0 Å². The number of nitrogens with one attached hydrogen (secondary N) is 2. The van der Waals surface area contributed by atoms with Crippen molar-refractivity contribution < 1.29 is 14.3 Å². The zero-order valence-corrected chi connectivity index (χ0v) is 13.8. The van der Waals surface area contributed by atoms with Gasteiger partial charge in [0.25, 0.3) is 5.91 Å². The van der Waals surface area contributed by atoms with E-state index in [1.807, 2.05) is 0 Å². The number of hydrogen-bond acceptors (Lipinski definition) is 3. The molecule has 0 atom stereocenters. The summed E-state index contributed by atoms with van der Waals surface area (Å²) in [5.74, 6) is 0.129. The maximum atomic E-state index is 12.4. The molecule has 2 N–H and O–H groups in total. The van der Waals surface area contributed by atoms with Crippen LogP contribution in [0.4, 0.5) is 5.69 Å². The third-order valence-corrected chi connectivity index (χ3v) is 3.88. The van der Waals surface area contributed by atoms with Crippen LogP contribution in [0.5, 0.6) is 5.75 Å². The van der Waals surface area contributed by atoms with Gasteiger partial charge < -0.3 is 15.4 Å². The molecule has 23 heavy (non-hydrogen) atoms. The van der Waals surface area contributed by atoms with Crippen molar-refractivity contribution >= 4 is 17.5 Å². The van der Waals surface area contributed by atoms with Gasteiger partial charge in [0, 0.05) is 19.2 Å². The molecule has 0 unspecified atom stereocenters. The van der Waals surface area contributed by atoms with E-state index >= 15 is 0 Å². The molecule has 5 nitrogen and oxygen atoms in total. The van der Waals surface area contributed by atoms with Gasteiger partial charge in [-0.05, 0) is 50.3 Å². The lowest BCUT2D eigenvalue weighted by atomic mass is 9.97. The lowest BCUT2D eigenvalue weighted by Crippen LogP contribution is -2.25. The zero-order valence-electron chi connectivity index (χ0n) is 13.8. The SMILES string of the molecule is COc1ccc(NC(C)=O)cc1C(=O)NCCC1=CCCCC1. The fourth-order valence-electron chi connectivity index (χ4n) is 2.73. The Morgan fingerprint density at radius 3 is 2.74 bits per heavy atom. The lowest BCUT2D eigenvalue weighted by Gasteiger charge is -2.14. The Labute approximate surface area is 137 Å². The molecule has 5 heteroatoms. The van der Waals surface area contributed by atoms with Crippen LogP contribution in [0.15, 0.2) is 29.8 Å². The number of hydrogen-bond donors (Lipinski definition) is 2. The normalized spacial score (nSPS) is 13.9. The molecule has 1 aromatic rings. The molecule has 0 saturated heterocycles. The molecule has 0 bridgehead atoms. The van der Waals surface area contributed by atoms with Crippen LogP contribution in [-0.2, 0) is 4.79 Å². The summed E-state index contributed by atoms with van der Waals surface area (Å²) in [5, 5.41) is 5.60. The van der Waals surface area contributed by atoms with Crippen molar-refractivity contribution in [3.63, 3.8) is 0 Å². The average Bonchev–Trinajstić information content (AvgIpc) is 2.55. The second-order valence-corrected chi connectivity index (χ2v) is 5.71. The van der Waals surface area contributed by atoms with Crippen LogP contribution in [0.25, 0.3) is 0 Å². The highest BCUT2D eigenvalue weighted by Gasteiger charge is 2.13. The van der Waals surface area contributed by atoms with Crippen LogP contribution < -0.4 is 15.4 Å². The highest BCUT2D eigenvalue weighted by Crippen LogP contribution is 2.23. The summed E-state index contributed by atoms with van der Waals surface area (Å²) in [5.41, 5.74) is 2.44. The number of carbonyl (C=O) groups excluding carboxylic acids is 2. The van der Waals surface area contributed by atoms with Crippen molar-refractivity contribution in [3.05, 3.63) is 35.4 Å². The van der Waals surface area contributed by atoms with E-state index in [-0.39, 0.29) is 11.8 Å². The number of allylic oxidation sites excluding steroid dienone is 1. The molecule has 1 aromatic carbocycles. The molecule has 2 amide bonds. The van der Waals surface area contributed by atoms with Crippen molar-refractivity contribution in [2.45, 2.75) is 39.0 Å². The van der Waals surface area contributed by atoms with Gasteiger partial charge in [-0.1, -0.05) is 11.6 Å². The smallest absolute Gasteiger partial charge is 0.255 e. The second-order valence-electron chi connectivity index (χ2n) is 5.71. The largest absolute Gasteiger partial charge is 0.496 e. The standard InChI is InChI=1S/C18H24N2O3/c1-13(21)20-15-8-9-17(23-2)16(12-15)18(22)19-11-10-14-6-4-3-5-7-14/h6,8-9,12H,3-5,7,10-11H2,1-2H3,(H,19,22)(H,20,21). The maximum absolute atomic E-state index is 12.4. The summed E-state index contributed by atoms with van der Waals surface area (Å²) in [6.45, 7) is 2.04.